The normalized spacial score (nSPS) is 13.0. The van der Waals surface area contributed by atoms with Crippen LogP contribution in [-0.4, -0.2) is 18.8 Å². The summed E-state index contributed by atoms with van der Waals surface area (Å²) in [5, 5.41) is -0.977. The van der Waals surface area contributed by atoms with E-state index in [1.807, 2.05) is 0 Å². The number of fused-ring (bicyclic) bond motifs is 10. The predicted molar refractivity (Wildman–Crippen MR) is 170 cm³/mol. The Hall–Kier alpha value is -6.16. The molecule has 216 valence electrons. The fourth-order valence-electron chi connectivity index (χ4n) is 7.87. The van der Waals surface area contributed by atoms with Crippen LogP contribution in [0.4, 0.5) is 17.6 Å². The molecule has 0 aliphatic rings. The molecule has 0 amide bonds. The van der Waals surface area contributed by atoms with E-state index in [2.05, 4.69) is 9.97 Å². The van der Waals surface area contributed by atoms with Crippen LogP contribution in [0.3, 0.4) is 0 Å². The first kappa shape index (κ1) is 24.2. The van der Waals surface area contributed by atoms with E-state index in [1.165, 1.54) is 8.80 Å². The SMILES string of the molecule is O=c1c2cc(F)c3c4c(F)cc5c6c(cc(F)c(c7c(F)cc(c2c37)c2nc3ccccc3n12)c46)c(=O)n1c2ccccc2nc51. The van der Waals surface area contributed by atoms with E-state index in [4.69, 9.17) is 0 Å². The summed E-state index contributed by atoms with van der Waals surface area (Å²) in [6.07, 6.45) is 0. The molecule has 0 aliphatic heterocycles. The van der Waals surface area contributed by atoms with Crippen LogP contribution in [0.1, 0.15) is 0 Å². The van der Waals surface area contributed by atoms with Gasteiger partial charge in [-0.2, -0.15) is 0 Å². The zero-order valence-corrected chi connectivity index (χ0v) is 23.0. The highest BCUT2D eigenvalue weighted by atomic mass is 19.1. The van der Waals surface area contributed by atoms with Crippen molar-refractivity contribution >= 4 is 98.0 Å². The summed E-state index contributed by atoms with van der Waals surface area (Å²) >= 11 is 0. The van der Waals surface area contributed by atoms with Crippen molar-refractivity contribution in [3.8, 4) is 0 Å². The molecule has 0 radical (unpaired) electrons. The van der Waals surface area contributed by atoms with E-state index in [0.29, 0.717) is 22.1 Å². The first-order valence-corrected chi connectivity index (χ1v) is 14.4. The van der Waals surface area contributed by atoms with E-state index in [0.717, 1.165) is 24.3 Å². The molecule has 0 bridgehead atoms. The molecule has 7 aromatic carbocycles. The highest BCUT2D eigenvalue weighted by Crippen LogP contribution is 2.49. The van der Waals surface area contributed by atoms with Gasteiger partial charge in [0, 0.05) is 53.9 Å². The number of pyridine rings is 2. The first-order valence-electron chi connectivity index (χ1n) is 14.4. The number of hydrogen-bond acceptors (Lipinski definition) is 4. The maximum Gasteiger partial charge on any atom is 0.264 e. The Morgan fingerprint density at radius 3 is 1.17 bits per heavy atom. The third-order valence-corrected chi connectivity index (χ3v) is 9.59. The Morgan fingerprint density at radius 2 is 0.783 bits per heavy atom. The number of nitrogens with zero attached hydrogens (tertiary/aromatic N) is 4. The zero-order valence-electron chi connectivity index (χ0n) is 23.0. The zero-order chi connectivity index (χ0) is 30.9. The van der Waals surface area contributed by atoms with Crippen LogP contribution in [0, 0.1) is 23.3 Å². The van der Waals surface area contributed by atoms with Gasteiger partial charge in [-0.15, -0.1) is 0 Å². The Morgan fingerprint density at radius 1 is 0.435 bits per heavy atom. The molecule has 0 fully saturated rings. The second kappa shape index (κ2) is 7.55. The lowest BCUT2D eigenvalue weighted by atomic mass is 9.85. The molecule has 0 saturated carbocycles. The number of rotatable bonds is 0. The van der Waals surface area contributed by atoms with Crippen LogP contribution in [0.25, 0.3) is 98.0 Å². The van der Waals surface area contributed by atoms with Crippen molar-refractivity contribution in [3.63, 3.8) is 0 Å². The molecule has 6 nitrogen and oxygen atoms in total. The fourth-order valence-corrected chi connectivity index (χ4v) is 7.87. The van der Waals surface area contributed by atoms with Gasteiger partial charge < -0.3 is 0 Å². The van der Waals surface area contributed by atoms with Gasteiger partial charge in [0.1, 0.15) is 34.6 Å². The monoisotopic (exact) mass is 608 g/mol. The minimum atomic E-state index is -0.985. The smallest absolute Gasteiger partial charge is 0.264 e. The average Bonchev–Trinajstić information content (AvgIpc) is 3.64. The summed E-state index contributed by atoms with van der Waals surface area (Å²) < 4.78 is 68.7. The van der Waals surface area contributed by atoms with Gasteiger partial charge in [-0.25, -0.2) is 27.5 Å². The molecule has 0 N–H and O–H groups in total. The fraction of sp³-hybridized carbons (Fsp3) is 0. The second-order valence-corrected chi connectivity index (χ2v) is 11.8. The molecule has 4 heterocycles. The van der Waals surface area contributed by atoms with Gasteiger partial charge in [0.05, 0.1) is 32.8 Å². The van der Waals surface area contributed by atoms with Crippen LogP contribution in [-0.2, 0) is 0 Å². The lowest BCUT2D eigenvalue weighted by Crippen LogP contribution is -2.15. The van der Waals surface area contributed by atoms with Crippen LogP contribution < -0.4 is 11.1 Å². The molecule has 10 heteroatoms. The molecule has 11 aromatic rings. The number of hydrogen-bond donors (Lipinski definition) is 0. The number of benzene rings is 7. The van der Waals surface area contributed by atoms with Crippen molar-refractivity contribution < 1.29 is 17.6 Å². The minimum absolute atomic E-state index is 0.0816. The van der Waals surface area contributed by atoms with E-state index >= 15 is 17.6 Å². The molecule has 0 saturated heterocycles. The van der Waals surface area contributed by atoms with Gasteiger partial charge in [0.25, 0.3) is 11.1 Å². The lowest BCUT2D eigenvalue weighted by molar-refractivity contribution is 0.630. The van der Waals surface area contributed by atoms with Crippen LogP contribution >= 0.6 is 0 Å². The van der Waals surface area contributed by atoms with Gasteiger partial charge >= 0.3 is 0 Å². The first-order chi connectivity index (χ1) is 22.3. The van der Waals surface area contributed by atoms with Crippen LogP contribution in [0.5, 0.6) is 0 Å². The molecular weight excluding hydrogens is 596 g/mol. The van der Waals surface area contributed by atoms with Crippen molar-refractivity contribution in [3.05, 3.63) is 117 Å². The highest BCUT2D eigenvalue weighted by molar-refractivity contribution is 6.41. The maximum atomic E-state index is 16.6. The Kier molecular flexibility index (Phi) is 3.97. The van der Waals surface area contributed by atoms with E-state index in [1.54, 1.807) is 48.5 Å². The van der Waals surface area contributed by atoms with Gasteiger partial charge in [0.15, 0.2) is 0 Å². The average molecular weight is 609 g/mol. The maximum absolute atomic E-state index is 16.6. The molecule has 0 atom stereocenters. The molecule has 11 rings (SSSR count). The van der Waals surface area contributed by atoms with Gasteiger partial charge in [0.2, 0.25) is 0 Å². The summed E-state index contributed by atoms with van der Waals surface area (Å²) in [7, 11) is 0. The molecule has 0 unspecified atom stereocenters. The number of aromatic nitrogens is 4. The molecule has 0 spiro atoms. The third kappa shape index (κ3) is 2.48. The van der Waals surface area contributed by atoms with Crippen molar-refractivity contribution in [2.45, 2.75) is 0 Å². The number of para-hydroxylation sites is 4. The third-order valence-electron chi connectivity index (χ3n) is 9.59. The van der Waals surface area contributed by atoms with E-state index in [-0.39, 0.29) is 75.9 Å². The Labute approximate surface area is 251 Å². The van der Waals surface area contributed by atoms with Crippen molar-refractivity contribution in [2.24, 2.45) is 0 Å². The molecule has 46 heavy (non-hydrogen) atoms. The van der Waals surface area contributed by atoms with Crippen LogP contribution in [0.15, 0.2) is 82.4 Å². The predicted octanol–water partition coefficient (Wildman–Crippen LogP) is 7.80. The second-order valence-electron chi connectivity index (χ2n) is 11.8. The van der Waals surface area contributed by atoms with Gasteiger partial charge in [-0.1, -0.05) is 24.3 Å². The largest absolute Gasteiger partial charge is 0.268 e. The van der Waals surface area contributed by atoms with E-state index < -0.39 is 34.4 Å². The summed E-state index contributed by atoms with van der Waals surface area (Å²) in [6, 6.07) is 18.1. The quantitative estimate of drug-likeness (QED) is 0.100. The van der Waals surface area contributed by atoms with Gasteiger partial charge in [-0.05, 0) is 48.5 Å². The van der Waals surface area contributed by atoms with Crippen molar-refractivity contribution in [1.29, 1.82) is 0 Å². The summed E-state index contributed by atoms with van der Waals surface area (Å²) in [5.41, 5.74) is 0.954. The Balaban J connectivity index is 1.48. The summed E-state index contributed by atoms with van der Waals surface area (Å²) in [6.45, 7) is 0. The molecule has 4 aromatic heterocycles. The summed E-state index contributed by atoms with van der Waals surface area (Å²) in [5.74, 6) is -3.79. The molecular formula is C36H12F4N4O2. The van der Waals surface area contributed by atoms with Gasteiger partial charge in [-0.3, -0.25) is 18.4 Å². The molecule has 0 aliphatic carbocycles. The number of halogens is 4. The standard InChI is InChI=1S/C36H12F4N4O2/c37-17-9-13-25-15(35(45)43-23-7-3-1-5-21(23)41-33(13)43)11-19(39)29-28-18(38)10-14-26-16(12-20(40)30(32(26)28)27(17)31(25)29)36(46)44-24-8-4-2-6-22(24)42-34(14)44/h1-12H. The topological polar surface area (TPSA) is 68.7 Å². The van der Waals surface area contributed by atoms with Crippen molar-refractivity contribution in [2.75, 3.05) is 0 Å². The van der Waals surface area contributed by atoms with Crippen LogP contribution in [0.2, 0.25) is 0 Å². The number of imidazole rings is 2. The lowest BCUT2D eigenvalue weighted by Gasteiger charge is -2.20. The summed E-state index contributed by atoms with van der Waals surface area (Å²) in [4.78, 5) is 37.0. The highest BCUT2D eigenvalue weighted by Gasteiger charge is 2.30. The Bertz CT molecular complexity index is 3110. The minimum Gasteiger partial charge on any atom is -0.268 e. The van der Waals surface area contributed by atoms with E-state index in [9.17, 15) is 9.59 Å². The van der Waals surface area contributed by atoms with Crippen molar-refractivity contribution in [1.82, 2.24) is 18.8 Å².